The maximum absolute atomic E-state index is 12.9. The van der Waals surface area contributed by atoms with E-state index in [-0.39, 0.29) is 11.8 Å². The van der Waals surface area contributed by atoms with Crippen molar-refractivity contribution < 1.29 is 9.59 Å². The molecule has 5 nitrogen and oxygen atoms in total. The highest BCUT2D eigenvalue weighted by Crippen LogP contribution is 2.21. The number of amides is 2. The molecular formula is C20H25N3O2. The van der Waals surface area contributed by atoms with Gasteiger partial charge in [0.15, 0.2) is 0 Å². The van der Waals surface area contributed by atoms with Crippen molar-refractivity contribution in [3.8, 4) is 0 Å². The lowest BCUT2D eigenvalue weighted by Gasteiger charge is -2.30. The van der Waals surface area contributed by atoms with Gasteiger partial charge >= 0.3 is 0 Å². The van der Waals surface area contributed by atoms with Gasteiger partial charge in [0.05, 0.1) is 12.2 Å². The van der Waals surface area contributed by atoms with E-state index in [0.29, 0.717) is 19.6 Å². The molecule has 1 heterocycles. The van der Waals surface area contributed by atoms with Crippen LogP contribution in [0.4, 0.5) is 0 Å². The lowest BCUT2D eigenvalue weighted by Crippen LogP contribution is -2.49. The lowest BCUT2D eigenvalue weighted by atomic mass is 9.90. The van der Waals surface area contributed by atoms with Crippen LogP contribution in [-0.4, -0.2) is 28.2 Å². The van der Waals surface area contributed by atoms with Crippen LogP contribution in [0.5, 0.6) is 0 Å². The first-order chi connectivity index (χ1) is 11.9. The maximum Gasteiger partial charge on any atom is 0.237 e. The number of hydrogen-bond donors (Lipinski definition) is 1. The van der Waals surface area contributed by atoms with Crippen LogP contribution in [-0.2, 0) is 22.7 Å². The van der Waals surface area contributed by atoms with Crippen LogP contribution in [0.25, 0.3) is 0 Å². The fourth-order valence-corrected chi connectivity index (χ4v) is 2.52. The molecule has 1 N–H and O–H groups in total. The molecule has 0 saturated heterocycles. The summed E-state index contributed by atoms with van der Waals surface area (Å²) in [4.78, 5) is 31.3. The minimum absolute atomic E-state index is 0.183. The smallest absolute Gasteiger partial charge is 0.237 e. The van der Waals surface area contributed by atoms with Gasteiger partial charge in [-0.3, -0.25) is 14.6 Å². The average molecular weight is 339 g/mol. The number of benzene rings is 1. The van der Waals surface area contributed by atoms with Gasteiger partial charge < -0.3 is 10.2 Å². The van der Waals surface area contributed by atoms with Crippen LogP contribution in [0.3, 0.4) is 0 Å². The molecule has 5 heteroatoms. The van der Waals surface area contributed by atoms with E-state index in [1.54, 1.807) is 24.9 Å². The van der Waals surface area contributed by atoms with Crippen LogP contribution in [0.15, 0.2) is 54.7 Å². The summed E-state index contributed by atoms with van der Waals surface area (Å²) in [6.07, 6.45) is 1.68. The van der Waals surface area contributed by atoms with Crippen LogP contribution in [0, 0.1) is 5.41 Å². The third-order valence-corrected chi connectivity index (χ3v) is 4.14. The maximum atomic E-state index is 12.9. The SMILES string of the molecule is CCN(Cc1ccccc1)C(=O)C(C)(C)C(=O)NCc1ccccn1. The Morgan fingerprint density at radius 3 is 2.36 bits per heavy atom. The summed E-state index contributed by atoms with van der Waals surface area (Å²) >= 11 is 0. The Morgan fingerprint density at radius 1 is 1.08 bits per heavy atom. The number of pyridine rings is 1. The van der Waals surface area contributed by atoms with Gasteiger partial charge in [0.25, 0.3) is 0 Å². The summed E-state index contributed by atoms with van der Waals surface area (Å²) in [6, 6.07) is 15.3. The summed E-state index contributed by atoms with van der Waals surface area (Å²) in [7, 11) is 0. The highest BCUT2D eigenvalue weighted by atomic mass is 16.2. The molecule has 0 aliphatic carbocycles. The number of carbonyl (C=O) groups excluding carboxylic acids is 2. The number of hydrogen-bond acceptors (Lipinski definition) is 3. The molecule has 0 aliphatic heterocycles. The lowest BCUT2D eigenvalue weighted by molar-refractivity contribution is -0.149. The third-order valence-electron chi connectivity index (χ3n) is 4.14. The van der Waals surface area contributed by atoms with Crippen LogP contribution in [0.2, 0.25) is 0 Å². The molecule has 2 aromatic rings. The highest BCUT2D eigenvalue weighted by molar-refractivity contribution is 6.04. The van der Waals surface area contributed by atoms with Crippen molar-refractivity contribution in [2.45, 2.75) is 33.9 Å². The minimum Gasteiger partial charge on any atom is -0.350 e. The predicted octanol–water partition coefficient (Wildman–Crippen LogP) is 2.77. The van der Waals surface area contributed by atoms with Gasteiger partial charge in [-0.2, -0.15) is 0 Å². The van der Waals surface area contributed by atoms with E-state index in [1.165, 1.54) is 0 Å². The summed E-state index contributed by atoms with van der Waals surface area (Å²) in [5, 5.41) is 2.81. The predicted molar refractivity (Wildman–Crippen MR) is 97.4 cm³/mol. The first-order valence-electron chi connectivity index (χ1n) is 8.46. The molecule has 132 valence electrons. The van der Waals surface area contributed by atoms with Crippen LogP contribution in [0.1, 0.15) is 32.0 Å². The quantitative estimate of drug-likeness (QED) is 0.789. The van der Waals surface area contributed by atoms with Crippen molar-refractivity contribution in [2.75, 3.05) is 6.54 Å². The molecule has 25 heavy (non-hydrogen) atoms. The van der Waals surface area contributed by atoms with Crippen molar-refractivity contribution in [3.63, 3.8) is 0 Å². The van der Waals surface area contributed by atoms with Crippen molar-refractivity contribution in [1.82, 2.24) is 15.2 Å². The summed E-state index contributed by atoms with van der Waals surface area (Å²) in [6.45, 7) is 6.59. The highest BCUT2D eigenvalue weighted by Gasteiger charge is 2.38. The third kappa shape index (κ3) is 4.89. The Bertz CT molecular complexity index is 699. The summed E-state index contributed by atoms with van der Waals surface area (Å²) in [5.74, 6) is -0.480. The monoisotopic (exact) mass is 339 g/mol. The molecule has 1 aromatic carbocycles. The largest absolute Gasteiger partial charge is 0.350 e. The molecule has 0 saturated carbocycles. The fraction of sp³-hybridized carbons (Fsp3) is 0.350. The van der Waals surface area contributed by atoms with E-state index < -0.39 is 5.41 Å². The Hall–Kier alpha value is -2.69. The van der Waals surface area contributed by atoms with E-state index in [2.05, 4.69) is 10.3 Å². The molecule has 2 amide bonds. The number of nitrogens with one attached hydrogen (secondary N) is 1. The van der Waals surface area contributed by atoms with Gasteiger partial charge in [0.2, 0.25) is 11.8 Å². The van der Waals surface area contributed by atoms with Gasteiger partial charge in [-0.05, 0) is 38.5 Å². The molecular weight excluding hydrogens is 314 g/mol. The Labute approximate surface area is 149 Å². The molecule has 0 bridgehead atoms. The minimum atomic E-state index is -1.14. The zero-order chi connectivity index (χ0) is 18.3. The van der Waals surface area contributed by atoms with Crippen molar-refractivity contribution in [2.24, 2.45) is 5.41 Å². The Balaban J connectivity index is 2.02. The topological polar surface area (TPSA) is 62.3 Å². The average Bonchev–Trinajstić information content (AvgIpc) is 2.65. The van der Waals surface area contributed by atoms with E-state index in [1.807, 2.05) is 55.5 Å². The van der Waals surface area contributed by atoms with Gasteiger partial charge in [-0.15, -0.1) is 0 Å². The molecule has 1 aromatic heterocycles. The molecule has 0 aliphatic rings. The molecule has 0 radical (unpaired) electrons. The molecule has 0 fully saturated rings. The first-order valence-corrected chi connectivity index (χ1v) is 8.46. The van der Waals surface area contributed by atoms with Crippen molar-refractivity contribution >= 4 is 11.8 Å². The van der Waals surface area contributed by atoms with Crippen LogP contribution < -0.4 is 5.32 Å². The molecule has 0 spiro atoms. The number of carbonyl (C=O) groups is 2. The number of rotatable bonds is 7. The molecule has 2 rings (SSSR count). The molecule has 0 atom stereocenters. The van der Waals surface area contributed by atoms with E-state index in [0.717, 1.165) is 11.3 Å². The summed E-state index contributed by atoms with van der Waals surface area (Å²) in [5.41, 5.74) is 0.665. The normalized spacial score (nSPS) is 11.0. The fourth-order valence-electron chi connectivity index (χ4n) is 2.52. The second-order valence-electron chi connectivity index (χ2n) is 6.43. The van der Waals surface area contributed by atoms with Gasteiger partial charge in [0, 0.05) is 19.3 Å². The van der Waals surface area contributed by atoms with Gasteiger partial charge in [0.1, 0.15) is 5.41 Å². The van der Waals surface area contributed by atoms with E-state index in [9.17, 15) is 9.59 Å². The Morgan fingerprint density at radius 2 is 1.76 bits per heavy atom. The summed E-state index contributed by atoms with van der Waals surface area (Å²) < 4.78 is 0. The van der Waals surface area contributed by atoms with E-state index in [4.69, 9.17) is 0 Å². The van der Waals surface area contributed by atoms with Crippen LogP contribution >= 0.6 is 0 Å². The van der Waals surface area contributed by atoms with E-state index >= 15 is 0 Å². The second kappa shape index (κ2) is 8.42. The zero-order valence-electron chi connectivity index (χ0n) is 15.0. The standard InChI is InChI=1S/C20H25N3O2/c1-4-23(15-16-10-6-5-7-11-16)19(25)20(2,3)18(24)22-14-17-12-8-9-13-21-17/h5-13H,4,14-15H2,1-3H3,(H,22,24). The van der Waals surface area contributed by atoms with Gasteiger partial charge in [-0.1, -0.05) is 36.4 Å². The second-order valence-corrected chi connectivity index (χ2v) is 6.43. The zero-order valence-corrected chi connectivity index (χ0v) is 15.0. The Kier molecular flexibility index (Phi) is 6.28. The molecule has 0 unspecified atom stereocenters. The van der Waals surface area contributed by atoms with Gasteiger partial charge in [-0.25, -0.2) is 0 Å². The van der Waals surface area contributed by atoms with Crippen molar-refractivity contribution in [1.29, 1.82) is 0 Å². The first kappa shape index (κ1) is 18.6. The number of nitrogens with zero attached hydrogens (tertiary/aromatic N) is 2. The number of aromatic nitrogens is 1. The van der Waals surface area contributed by atoms with Crippen molar-refractivity contribution in [3.05, 3.63) is 66.0 Å².